The molecule has 0 aromatic carbocycles. The predicted molar refractivity (Wildman–Crippen MR) is 45.4 cm³/mol. The van der Waals surface area contributed by atoms with Gasteiger partial charge in [0, 0.05) is 11.6 Å². The number of halogens is 1. The van der Waals surface area contributed by atoms with Crippen LogP contribution in [0.15, 0.2) is 11.6 Å². The summed E-state index contributed by atoms with van der Waals surface area (Å²) < 4.78 is 0. The van der Waals surface area contributed by atoms with Gasteiger partial charge in [0.25, 0.3) is 0 Å². The highest BCUT2D eigenvalue weighted by Crippen LogP contribution is 2.08. The summed E-state index contributed by atoms with van der Waals surface area (Å²) in [6, 6.07) is 0. The van der Waals surface area contributed by atoms with E-state index < -0.39 is 11.9 Å². The van der Waals surface area contributed by atoms with E-state index in [4.69, 9.17) is 10.2 Å². The van der Waals surface area contributed by atoms with Gasteiger partial charge in [-0.1, -0.05) is 13.8 Å². The summed E-state index contributed by atoms with van der Waals surface area (Å²) in [4.78, 5) is 20.4. The molecule has 0 rings (SSSR count). The van der Waals surface area contributed by atoms with Gasteiger partial charge in [0.05, 0.1) is 0 Å². The van der Waals surface area contributed by atoms with Crippen molar-refractivity contribution in [2.24, 2.45) is 5.92 Å². The average Bonchev–Trinajstić information content (AvgIpc) is 1.81. The van der Waals surface area contributed by atoms with E-state index in [1.165, 1.54) is 0 Å². The molecule has 0 radical (unpaired) electrons. The van der Waals surface area contributed by atoms with E-state index in [2.05, 4.69) is 0 Å². The summed E-state index contributed by atoms with van der Waals surface area (Å²) in [6.45, 7) is 3.26. The maximum Gasteiger partial charge on any atom is 0.332 e. The maximum atomic E-state index is 10.3. The summed E-state index contributed by atoms with van der Waals surface area (Å²) >= 11 is 0. The molecular formula is C7H11ClO4. The van der Waals surface area contributed by atoms with Crippen LogP contribution in [-0.4, -0.2) is 22.2 Å². The lowest BCUT2D eigenvalue weighted by atomic mass is 10.0. The smallest absolute Gasteiger partial charge is 0.332 e. The molecular weight excluding hydrogens is 184 g/mol. The molecule has 0 bridgehead atoms. The molecule has 70 valence electrons. The van der Waals surface area contributed by atoms with Crippen molar-refractivity contribution in [3.63, 3.8) is 0 Å². The van der Waals surface area contributed by atoms with Gasteiger partial charge >= 0.3 is 11.9 Å². The summed E-state index contributed by atoms with van der Waals surface area (Å²) in [5, 5.41) is 16.7. The Kier molecular flexibility index (Phi) is 6.32. The lowest BCUT2D eigenvalue weighted by molar-refractivity contribution is -0.135. The molecule has 5 heteroatoms. The lowest BCUT2D eigenvalue weighted by Gasteiger charge is -2.02. The Hall–Kier alpha value is -1.03. The molecule has 0 saturated heterocycles. The molecule has 4 nitrogen and oxygen atoms in total. The Morgan fingerprint density at radius 3 is 1.75 bits per heavy atom. The van der Waals surface area contributed by atoms with Crippen molar-refractivity contribution in [3.05, 3.63) is 11.6 Å². The lowest BCUT2D eigenvalue weighted by Crippen LogP contribution is -2.09. The highest BCUT2D eigenvalue weighted by atomic mass is 35.5. The molecule has 2 N–H and O–H groups in total. The van der Waals surface area contributed by atoms with E-state index in [0.717, 1.165) is 0 Å². The van der Waals surface area contributed by atoms with Crippen LogP contribution in [0.25, 0.3) is 0 Å². The van der Waals surface area contributed by atoms with Crippen molar-refractivity contribution in [1.82, 2.24) is 0 Å². The minimum Gasteiger partial charge on any atom is -0.478 e. The quantitative estimate of drug-likeness (QED) is 0.662. The van der Waals surface area contributed by atoms with Gasteiger partial charge in [0.1, 0.15) is 0 Å². The minimum absolute atomic E-state index is 0. The summed E-state index contributed by atoms with van der Waals surface area (Å²) in [5.74, 6) is -2.68. The summed E-state index contributed by atoms with van der Waals surface area (Å²) in [5.41, 5.74) is -0.0856. The number of rotatable bonds is 3. The maximum absolute atomic E-state index is 10.3. The van der Waals surface area contributed by atoms with Crippen molar-refractivity contribution in [3.8, 4) is 0 Å². The van der Waals surface area contributed by atoms with Gasteiger partial charge in [-0.3, -0.25) is 0 Å². The Labute approximate surface area is 76.3 Å². The topological polar surface area (TPSA) is 74.6 Å². The largest absolute Gasteiger partial charge is 0.478 e. The first-order valence-electron chi connectivity index (χ1n) is 3.13. The van der Waals surface area contributed by atoms with Crippen molar-refractivity contribution in [1.29, 1.82) is 0 Å². The van der Waals surface area contributed by atoms with Gasteiger partial charge in [-0.2, -0.15) is 0 Å². The number of hydrogen-bond donors (Lipinski definition) is 2. The van der Waals surface area contributed by atoms with Gasteiger partial charge in [-0.05, 0) is 5.92 Å². The minimum atomic E-state index is -1.23. The number of carboxylic acid groups (broad SMARTS) is 2. The molecule has 0 fully saturated rings. The second kappa shape index (κ2) is 5.60. The van der Waals surface area contributed by atoms with Gasteiger partial charge < -0.3 is 10.2 Å². The van der Waals surface area contributed by atoms with Crippen LogP contribution in [0.5, 0.6) is 0 Å². The van der Waals surface area contributed by atoms with E-state index >= 15 is 0 Å². The monoisotopic (exact) mass is 194 g/mol. The molecule has 0 heterocycles. The highest BCUT2D eigenvalue weighted by Gasteiger charge is 2.12. The van der Waals surface area contributed by atoms with Crippen molar-refractivity contribution in [2.45, 2.75) is 13.8 Å². The Morgan fingerprint density at radius 2 is 1.67 bits per heavy atom. The fourth-order valence-electron chi connectivity index (χ4n) is 0.608. The molecule has 0 aliphatic rings. The van der Waals surface area contributed by atoms with Crippen LogP contribution in [0.3, 0.4) is 0 Å². The van der Waals surface area contributed by atoms with Crippen LogP contribution in [0.4, 0.5) is 0 Å². The van der Waals surface area contributed by atoms with E-state index in [1.54, 1.807) is 13.8 Å². The zero-order chi connectivity index (χ0) is 9.02. The first-order valence-corrected chi connectivity index (χ1v) is 3.13. The molecule has 0 atom stereocenters. The fourth-order valence-corrected chi connectivity index (χ4v) is 0.608. The SMILES string of the molecule is CC(C)C(=CC(=O)O)C(=O)O.Cl. The zero-order valence-corrected chi connectivity index (χ0v) is 7.59. The van der Waals surface area contributed by atoms with Gasteiger partial charge in [0.15, 0.2) is 0 Å². The predicted octanol–water partition coefficient (Wildman–Crippen LogP) is 1.16. The number of carbonyl (C=O) groups is 2. The molecule has 0 unspecified atom stereocenters. The molecule has 0 amide bonds. The first-order chi connectivity index (χ1) is 4.95. The zero-order valence-electron chi connectivity index (χ0n) is 6.77. The Bertz CT molecular complexity index is 207. The second-order valence-electron chi connectivity index (χ2n) is 2.40. The van der Waals surface area contributed by atoms with Crippen LogP contribution in [0.2, 0.25) is 0 Å². The summed E-state index contributed by atoms with van der Waals surface area (Å²) in [7, 11) is 0. The van der Waals surface area contributed by atoms with E-state index in [0.29, 0.717) is 6.08 Å². The summed E-state index contributed by atoms with van der Waals surface area (Å²) in [6.07, 6.45) is 0.715. The first kappa shape index (κ1) is 13.6. The van der Waals surface area contributed by atoms with Crippen LogP contribution < -0.4 is 0 Å². The van der Waals surface area contributed by atoms with Crippen molar-refractivity contribution >= 4 is 24.3 Å². The fraction of sp³-hybridized carbons (Fsp3) is 0.429. The van der Waals surface area contributed by atoms with Crippen molar-refractivity contribution in [2.75, 3.05) is 0 Å². The highest BCUT2D eigenvalue weighted by molar-refractivity contribution is 5.94. The van der Waals surface area contributed by atoms with E-state index in [1.807, 2.05) is 0 Å². The van der Waals surface area contributed by atoms with Crippen LogP contribution in [-0.2, 0) is 9.59 Å². The van der Waals surface area contributed by atoms with Crippen LogP contribution >= 0.6 is 12.4 Å². The molecule has 0 spiro atoms. The molecule has 0 aromatic heterocycles. The number of hydrogen-bond acceptors (Lipinski definition) is 2. The van der Waals surface area contributed by atoms with Crippen LogP contribution in [0, 0.1) is 5.92 Å². The van der Waals surface area contributed by atoms with Crippen molar-refractivity contribution < 1.29 is 19.8 Å². The van der Waals surface area contributed by atoms with E-state index in [9.17, 15) is 9.59 Å². The third-order valence-corrected chi connectivity index (χ3v) is 1.15. The van der Waals surface area contributed by atoms with Gasteiger partial charge in [-0.25, -0.2) is 9.59 Å². The van der Waals surface area contributed by atoms with Gasteiger partial charge in [0.2, 0.25) is 0 Å². The Morgan fingerprint density at radius 1 is 1.25 bits per heavy atom. The van der Waals surface area contributed by atoms with E-state index in [-0.39, 0.29) is 23.9 Å². The average molecular weight is 195 g/mol. The molecule has 12 heavy (non-hydrogen) atoms. The number of aliphatic carboxylic acids is 2. The molecule has 0 aliphatic heterocycles. The second-order valence-corrected chi connectivity index (χ2v) is 2.40. The van der Waals surface area contributed by atoms with Crippen LogP contribution in [0.1, 0.15) is 13.8 Å². The molecule has 0 aromatic rings. The van der Waals surface area contributed by atoms with Gasteiger partial charge in [-0.15, -0.1) is 12.4 Å². The normalized spacial score (nSPS) is 10.8. The third-order valence-electron chi connectivity index (χ3n) is 1.15. The Balaban J connectivity index is 0. The standard InChI is InChI=1S/C7H10O4.ClH/c1-4(2)5(7(10)11)3-6(8)9;/h3-4H,1-2H3,(H,8,9)(H,10,11);1H. The third kappa shape index (κ3) is 4.73. The molecule has 0 saturated carbocycles. The number of carboxylic acids is 2. The molecule has 0 aliphatic carbocycles.